The van der Waals surface area contributed by atoms with Crippen LogP contribution in [0.25, 0.3) is 0 Å². The van der Waals surface area contributed by atoms with Crippen LogP contribution in [-0.2, 0) is 22.3 Å². The van der Waals surface area contributed by atoms with E-state index in [2.05, 4.69) is 0 Å². The van der Waals surface area contributed by atoms with E-state index in [0.717, 1.165) is 28.9 Å². The summed E-state index contributed by atoms with van der Waals surface area (Å²) in [6.45, 7) is 12.2. The molecule has 0 aromatic heterocycles. The maximum Gasteiger partial charge on any atom is 0.414 e. The highest BCUT2D eigenvalue weighted by Crippen LogP contribution is 2.39. The quantitative estimate of drug-likeness (QED) is 0.364. The van der Waals surface area contributed by atoms with Gasteiger partial charge in [-0.25, -0.2) is 9.59 Å². The van der Waals surface area contributed by atoms with Gasteiger partial charge in [-0.05, 0) is 128 Å². The molecule has 242 valence electrons. The van der Waals surface area contributed by atoms with E-state index in [4.69, 9.17) is 14.2 Å². The first-order valence-corrected chi connectivity index (χ1v) is 15.1. The van der Waals surface area contributed by atoms with Crippen LogP contribution in [0.2, 0.25) is 0 Å². The van der Waals surface area contributed by atoms with E-state index in [-0.39, 0.29) is 36.9 Å². The van der Waals surface area contributed by atoms with Gasteiger partial charge in [0.25, 0.3) is 0 Å². The van der Waals surface area contributed by atoms with Crippen molar-refractivity contribution in [1.82, 2.24) is 0 Å². The summed E-state index contributed by atoms with van der Waals surface area (Å²) < 4.78 is 55.0. The minimum Gasteiger partial charge on any atom is -0.508 e. The normalized spacial score (nSPS) is 19.8. The second kappa shape index (κ2) is 12.8. The highest BCUT2D eigenvalue weighted by Gasteiger charge is 2.42. The minimum absolute atomic E-state index is 0.117. The van der Waals surface area contributed by atoms with Crippen LogP contribution in [0.3, 0.4) is 0 Å². The Hall–Kier alpha value is -3.63. The molecule has 1 saturated carbocycles. The first kappa shape index (κ1) is 33.3. The number of fused-ring (bicyclic) bond motifs is 2. The summed E-state index contributed by atoms with van der Waals surface area (Å²) in [5, 5.41) is 9.37. The lowest BCUT2D eigenvalue weighted by atomic mass is 9.87. The summed E-state index contributed by atoms with van der Waals surface area (Å²) in [5.41, 5.74) is 2.56. The van der Waals surface area contributed by atoms with Gasteiger partial charge in [-0.2, -0.15) is 13.2 Å². The topological polar surface area (TPSA) is 88.5 Å². The van der Waals surface area contributed by atoms with E-state index in [0.29, 0.717) is 38.1 Å². The van der Waals surface area contributed by atoms with Crippen molar-refractivity contribution in [3.63, 3.8) is 0 Å². The van der Waals surface area contributed by atoms with Crippen LogP contribution >= 0.6 is 0 Å². The Morgan fingerprint density at radius 3 is 1.70 bits per heavy atom. The van der Waals surface area contributed by atoms with Gasteiger partial charge in [0, 0.05) is 13.1 Å². The number of halogens is 3. The Bertz CT molecular complexity index is 1340. The number of hydrogen-bond acceptors (Lipinski definition) is 6. The van der Waals surface area contributed by atoms with E-state index < -0.39 is 23.3 Å². The van der Waals surface area contributed by atoms with Crippen molar-refractivity contribution < 1.29 is 42.1 Å². The molecule has 2 aliphatic heterocycles. The van der Waals surface area contributed by atoms with Crippen molar-refractivity contribution in [2.24, 2.45) is 5.92 Å². The van der Waals surface area contributed by atoms with Crippen LogP contribution in [0.5, 0.6) is 11.5 Å². The third kappa shape index (κ3) is 8.72. The maximum absolute atomic E-state index is 12.8. The summed E-state index contributed by atoms with van der Waals surface area (Å²) >= 11 is 0. The first-order valence-electron chi connectivity index (χ1n) is 15.1. The third-order valence-electron chi connectivity index (χ3n) is 7.57. The molecular weight excluding hydrogens is 577 g/mol. The highest BCUT2D eigenvalue weighted by molar-refractivity contribution is 5.91. The van der Waals surface area contributed by atoms with Crippen molar-refractivity contribution in [2.75, 3.05) is 22.9 Å². The summed E-state index contributed by atoms with van der Waals surface area (Å²) in [6.07, 6.45) is -2.50. The smallest absolute Gasteiger partial charge is 0.414 e. The van der Waals surface area contributed by atoms with E-state index in [1.807, 2.05) is 53.7 Å². The molecule has 3 aliphatic rings. The molecule has 5 rings (SSSR count). The standard InChI is InChI=1S/C20H26F3NO3.C13H17NO3/c1-19(2,3)27-18(25)24-11-10-13-12-16(8-9-17(13)24)26-15-6-4-14(5-7-15)20(21,22)23;1-13(2,3)17-12(16)14-7-6-9-8-10(15)4-5-11(9)14/h8-9,12,14-15H,4-7,10-11H2,1-3H3;4-5,8,15H,6-7H2,1-3H3. The number of aromatic hydroxyl groups is 1. The van der Waals surface area contributed by atoms with E-state index in [1.165, 1.54) is 0 Å². The number of phenolic OH excluding ortho intramolecular Hbond substituents is 1. The molecule has 0 bridgehead atoms. The van der Waals surface area contributed by atoms with Gasteiger partial charge in [0.15, 0.2) is 0 Å². The molecule has 1 fully saturated rings. The summed E-state index contributed by atoms with van der Waals surface area (Å²) in [7, 11) is 0. The molecule has 0 radical (unpaired) electrons. The molecule has 2 amide bonds. The van der Waals surface area contributed by atoms with Gasteiger partial charge < -0.3 is 19.3 Å². The molecule has 0 spiro atoms. The van der Waals surface area contributed by atoms with Crippen LogP contribution in [-0.4, -0.2) is 53.9 Å². The zero-order valence-electron chi connectivity index (χ0n) is 26.3. The van der Waals surface area contributed by atoms with Crippen molar-refractivity contribution in [2.45, 2.75) is 104 Å². The lowest BCUT2D eigenvalue weighted by molar-refractivity contribution is -0.185. The Morgan fingerprint density at radius 1 is 0.750 bits per heavy atom. The number of amides is 2. The predicted octanol–water partition coefficient (Wildman–Crippen LogP) is 8.17. The first-order chi connectivity index (χ1) is 20.4. The lowest BCUT2D eigenvalue weighted by Gasteiger charge is -2.30. The zero-order chi connectivity index (χ0) is 32.4. The van der Waals surface area contributed by atoms with Gasteiger partial charge in [-0.3, -0.25) is 9.80 Å². The van der Waals surface area contributed by atoms with Crippen molar-refractivity contribution in [3.8, 4) is 11.5 Å². The molecule has 2 aromatic rings. The Kier molecular flexibility index (Phi) is 9.66. The average Bonchev–Trinajstić information content (AvgIpc) is 3.51. The molecule has 2 aromatic carbocycles. The molecule has 0 saturated heterocycles. The number of alkyl halides is 3. The third-order valence-corrected chi connectivity index (χ3v) is 7.57. The summed E-state index contributed by atoms with van der Waals surface area (Å²) in [4.78, 5) is 27.5. The van der Waals surface area contributed by atoms with Gasteiger partial charge in [0.05, 0.1) is 23.4 Å². The van der Waals surface area contributed by atoms with Gasteiger partial charge in [0.2, 0.25) is 0 Å². The molecule has 0 unspecified atom stereocenters. The number of rotatable bonds is 2. The number of benzene rings is 2. The Labute approximate surface area is 257 Å². The number of carbonyl (C=O) groups excluding carboxylic acids is 2. The van der Waals surface area contributed by atoms with Crippen molar-refractivity contribution >= 4 is 23.6 Å². The Balaban J connectivity index is 0.000000223. The molecule has 2 heterocycles. The molecule has 0 atom stereocenters. The van der Waals surface area contributed by atoms with Crippen LogP contribution in [0.15, 0.2) is 36.4 Å². The van der Waals surface area contributed by atoms with E-state index in [9.17, 15) is 27.9 Å². The largest absolute Gasteiger partial charge is 0.508 e. The van der Waals surface area contributed by atoms with Crippen molar-refractivity contribution in [1.29, 1.82) is 0 Å². The monoisotopic (exact) mass is 620 g/mol. The molecule has 1 aliphatic carbocycles. The molecule has 44 heavy (non-hydrogen) atoms. The van der Waals surface area contributed by atoms with Crippen LogP contribution < -0.4 is 14.5 Å². The van der Waals surface area contributed by atoms with E-state index >= 15 is 0 Å². The van der Waals surface area contributed by atoms with Gasteiger partial charge in [-0.15, -0.1) is 0 Å². The number of anilines is 2. The predicted molar refractivity (Wildman–Crippen MR) is 162 cm³/mol. The molecule has 11 heteroatoms. The van der Waals surface area contributed by atoms with Crippen molar-refractivity contribution in [3.05, 3.63) is 47.5 Å². The Morgan fingerprint density at radius 2 is 1.23 bits per heavy atom. The second-order valence-corrected chi connectivity index (χ2v) is 13.5. The van der Waals surface area contributed by atoms with Gasteiger partial charge >= 0.3 is 18.4 Å². The minimum atomic E-state index is -4.11. The fraction of sp³-hybridized carbons (Fsp3) is 0.576. The molecule has 1 N–H and O–H groups in total. The summed E-state index contributed by atoms with van der Waals surface area (Å²) in [6, 6.07) is 10.5. The number of ether oxygens (including phenoxy) is 3. The number of phenols is 1. The average molecular weight is 621 g/mol. The SMILES string of the molecule is CC(C)(C)OC(=O)N1CCc2cc(O)ccc21.CC(C)(C)OC(=O)N1CCc2cc(OC3CCC(C(F)(F)F)CC3)ccc21. The highest BCUT2D eigenvalue weighted by atomic mass is 19.4. The molecular formula is C33H43F3N2O6. The lowest BCUT2D eigenvalue weighted by Crippen LogP contribution is -2.35. The fourth-order valence-corrected chi connectivity index (χ4v) is 5.55. The van der Waals surface area contributed by atoms with Gasteiger partial charge in [-0.1, -0.05) is 0 Å². The van der Waals surface area contributed by atoms with Crippen LogP contribution in [0, 0.1) is 5.92 Å². The fourth-order valence-electron chi connectivity index (χ4n) is 5.55. The number of carbonyl (C=O) groups is 2. The number of hydrogen-bond donors (Lipinski definition) is 1. The van der Waals surface area contributed by atoms with E-state index in [1.54, 1.807) is 34.1 Å². The summed E-state index contributed by atoms with van der Waals surface area (Å²) in [5.74, 6) is -0.329. The number of nitrogens with zero attached hydrogens (tertiary/aromatic N) is 2. The maximum atomic E-state index is 12.8. The molecule has 8 nitrogen and oxygen atoms in total. The zero-order valence-corrected chi connectivity index (χ0v) is 26.3. The van der Waals surface area contributed by atoms with Gasteiger partial charge in [0.1, 0.15) is 22.7 Å². The van der Waals surface area contributed by atoms with Crippen LogP contribution in [0.4, 0.5) is 34.1 Å². The second-order valence-electron chi connectivity index (χ2n) is 13.5. The van der Waals surface area contributed by atoms with Crippen LogP contribution in [0.1, 0.15) is 78.4 Å².